The monoisotopic (exact) mass is 372 g/mol. The molecule has 2 N–H and O–H groups in total. The molecule has 2 aliphatic carbocycles. The average Bonchev–Trinajstić information content (AvgIpc) is 3.24. The van der Waals surface area contributed by atoms with Gasteiger partial charge in [0.05, 0.1) is 11.5 Å². The van der Waals surface area contributed by atoms with Crippen molar-refractivity contribution in [3.63, 3.8) is 0 Å². The lowest BCUT2D eigenvalue weighted by molar-refractivity contribution is 0.00993. The van der Waals surface area contributed by atoms with Crippen LogP contribution in [0.4, 0.5) is 5.82 Å². The summed E-state index contributed by atoms with van der Waals surface area (Å²) in [6.45, 7) is 2.16. The number of hydrogen-bond donors (Lipinski definition) is 2. The van der Waals surface area contributed by atoms with Crippen LogP contribution in [0.3, 0.4) is 0 Å². The first kappa shape index (κ1) is 16.9. The molecule has 0 radical (unpaired) electrons. The first-order valence-corrected chi connectivity index (χ1v) is 11.0. The molecule has 0 spiro atoms. The summed E-state index contributed by atoms with van der Waals surface area (Å²) in [5.41, 5.74) is 1.50. The predicted octanol–water partition coefficient (Wildman–Crippen LogP) is 3.36. The number of fused-ring (bicyclic) bond motifs is 3. The Kier molecular flexibility index (Phi) is 4.59. The van der Waals surface area contributed by atoms with Gasteiger partial charge in [-0.15, -0.1) is 11.3 Å². The van der Waals surface area contributed by atoms with E-state index in [0.29, 0.717) is 12.1 Å². The van der Waals surface area contributed by atoms with Gasteiger partial charge in [0, 0.05) is 30.1 Å². The Bertz CT molecular complexity index is 783. The largest absolute Gasteiger partial charge is 0.391 e. The standard InChI is InChI=1S/C20H28N4OS/c25-16-6-2-1-5-15(16)24-10-8-13(9-11-24)23-19-18-14-4-3-7-17(14)26-20(18)22-12-21-19/h12-13,15-16,25H,1-11H2,(H,21,22,23). The van der Waals surface area contributed by atoms with Crippen LogP contribution < -0.4 is 5.32 Å². The Hall–Kier alpha value is -1.24. The van der Waals surface area contributed by atoms with Crippen molar-refractivity contribution >= 4 is 27.4 Å². The molecule has 0 aromatic carbocycles. The van der Waals surface area contributed by atoms with Gasteiger partial charge in [0.15, 0.2) is 0 Å². The number of nitrogens with one attached hydrogen (secondary N) is 1. The number of piperidine rings is 1. The molecular weight excluding hydrogens is 344 g/mol. The maximum Gasteiger partial charge on any atom is 0.138 e. The van der Waals surface area contributed by atoms with E-state index in [9.17, 15) is 5.11 Å². The topological polar surface area (TPSA) is 61.3 Å². The van der Waals surface area contributed by atoms with Gasteiger partial charge in [0.25, 0.3) is 0 Å². The minimum atomic E-state index is -0.122. The highest BCUT2D eigenvalue weighted by Crippen LogP contribution is 2.39. The molecule has 1 saturated carbocycles. The maximum absolute atomic E-state index is 10.3. The van der Waals surface area contributed by atoms with Crippen molar-refractivity contribution in [2.75, 3.05) is 18.4 Å². The van der Waals surface area contributed by atoms with E-state index in [2.05, 4.69) is 20.2 Å². The molecule has 140 valence electrons. The Labute approximate surface area is 158 Å². The van der Waals surface area contributed by atoms with Crippen molar-refractivity contribution in [3.05, 3.63) is 16.8 Å². The zero-order valence-corrected chi connectivity index (χ0v) is 16.1. The third-order valence-corrected chi connectivity index (χ3v) is 7.73. The van der Waals surface area contributed by atoms with Crippen LogP contribution in [0.5, 0.6) is 0 Å². The Balaban J connectivity index is 1.28. The molecule has 3 aliphatic rings. The summed E-state index contributed by atoms with van der Waals surface area (Å²) in [5.74, 6) is 1.05. The fraction of sp³-hybridized carbons (Fsp3) is 0.700. The molecule has 2 aromatic rings. The van der Waals surface area contributed by atoms with Crippen LogP contribution in [0.25, 0.3) is 10.2 Å². The number of rotatable bonds is 3. The zero-order valence-electron chi connectivity index (χ0n) is 15.3. The number of anilines is 1. The summed E-state index contributed by atoms with van der Waals surface area (Å²) >= 11 is 1.85. The van der Waals surface area contributed by atoms with Crippen LogP contribution in [-0.4, -0.2) is 51.3 Å². The van der Waals surface area contributed by atoms with Crippen molar-refractivity contribution in [1.29, 1.82) is 0 Å². The van der Waals surface area contributed by atoms with Gasteiger partial charge in [-0.25, -0.2) is 9.97 Å². The number of thiophene rings is 1. The van der Waals surface area contributed by atoms with E-state index in [1.165, 1.54) is 47.9 Å². The number of aryl methyl sites for hydroxylation is 2. The van der Waals surface area contributed by atoms with Gasteiger partial charge in [-0.3, -0.25) is 4.90 Å². The second kappa shape index (κ2) is 7.06. The molecule has 26 heavy (non-hydrogen) atoms. The third kappa shape index (κ3) is 3.02. The van der Waals surface area contributed by atoms with Crippen LogP contribution in [0.2, 0.25) is 0 Å². The Morgan fingerprint density at radius 2 is 1.88 bits per heavy atom. The molecule has 2 fully saturated rings. The summed E-state index contributed by atoms with van der Waals surface area (Å²) in [6, 6.07) is 0.859. The highest BCUT2D eigenvalue weighted by atomic mass is 32.1. The van der Waals surface area contributed by atoms with Crippen LogP contribution in [-0.2, 0) is 12.8 Å². The van der Waals surface area contributed by atoms with Crippen molar-refractivity contribution in [1.82, 2.24) is 14.9 Å². The summed E-state index contributed by atoms with van der Waals surface area (Å²) in [5, 5.41) is 15.4. The fourth-order valence-corrected chi connectivity index (χ4v) is 6.35. The zero-order chi connectivity index (χ0) is 17.5. The molecule has 5 nitrogen and oxygen atoms in total. The summed E-state index contributed by atoms with van der Waals surface area (Å²) in [6.07, 6.45) is 12.1. The minimum Gasteiger partial charge on any atom is -0.391 e. The molecular formula is C20H28N4OS. The van der Waals surface area contributed by atoms with Gasteiger partial charge in [0.2, 0.25) is 0 Å². The Morgan fingerprint density at radius 3 is 2.73 bits per heavy atom. The number of nitrogens with zero attached hydrogens (tertiary/aromatic N) is 3. The summed E-state index contributed by atoms with van der Waals surface area (Å²) in [7, 11) is 0. The van der Waals surface area contributed by atoms with Gasteiger partial charge < -0.3 is 10.4 Å². The Morgan fingerprint density at radius 1 is 1.04 bits per heavy atom. The summed E-state index contributed by atoms with van der Waals surface area (Å²) in [4.78, 5) is 14.3. The molecule has 1 saturated heterocycles. The average molecular weight is 373 g/mol. The van der Waals surface area contributed by atoms with Crippen LogP contribution in [0.15, 0.2) is 6.33 Å². The van der Waals surface area contributed by atoms with Crippen molar-refractivity contribution < 1.29 is 5.11 Å². The van der Waals surface area contributed by atoms with Crippen molar-refractivity contribution in [2.24, 2.45) is 0 Å². The summed E-state index contributed by atoms with van der Waals surface area (Å²) < 4.78 is 0. The van der Waals surface area contributed by atoms with E-state index in [1.807, 2.05) is 11.3 Å². The normalized spacial score (nSPS) is 27.7. The number of aromatic nitrogens is 2. The fourth-order valence-electron chi connectivity index (χ4n) is 5.12. The molecule has 0 bridgehead atoms. The molecule has 5 rings (SSSR count). The van der Waals surface area contributed by atoms with E-state index in [-0.39, 0.29) is 6.10 Å². The van der Waals surface area contributed by atoms with Crippen molar-refractivity contribution in [2.45, 2.75) is 76.0 Å². The second-order valence-electron chi connectivity index (χ2n) is 8.13. The van der Waals surface area contributed by atoms with Crippen LogP contribution in [0, 0.1) is 0 Å². The molecule has 2 aromatic heterocycles. The first-order valence-electron chi connectivity index (χ1n) is 10.2. The highest BCUT2D eigenvalue weighted by Gasteiger charge is 2.32. The maximum atomic E-state index is 10.3. The smallest absolute Gasteiger partial charge is 0.138 e. The van der Waals surface area contributed by atoms with Crippen LogP contribution >= 0.6 is 11.3 Å². The molecule has 0 amide bonds. The molecule has 1 aliphatic heterocycles. The van der Waals surface area contributed by atoms with E-state index in [4.69, 9.17) is 0 Å². The van der Waals surface area contributed by atoms with E-state index >= 15 is 0 Å². The quantitative estimate of drug-likeness (QED) is 0.865. The van der Waals surface area contributed by atoms with Crippen LogP contribution in [0.1, 0.15) is 55.4 Å². The number of aliphatic hydroxyl groups is 1. The van der Waals surface area contributed by atoms with E-state index < -0.39 is 0 Å². The van der Waals surface area contributed by atoms with E-state index in [0.717, 1.165) is 49.4 Å². The lowest BCUT2D eigenvalue weighted by Crippen LogP contribution is -2.50. The SMILES string of the molecule is OC1CCCCC1N1CCC(Nc2ncnc3sc4c(c23)CCC4)CC1. The molecule has 3 heterocycles. The van der Waals surface area contributed by atoms with E-state index in [1.54, 1.807) is 6.33 Å². The number of aliphatic hydroxyl groups excluding tert-OH is 1. The van der Waals surface area contributed by atoms with Gasteiger partial charge in [-0.2, -0.15) is 0 Å². The molecule has 6 heteroatoms. The third-order valence-electron chi connectivity index (χ3n) is 6.53. The molecule has 2 atom stereocenters. The first-order chi connectivity index (χ1) is 12.8. The van der Waals surface area contributed by atoms with Crippen molar-refractivity contribution in [3.8, 4) is 0 Å². The minimum absolute atomic E-state index is 0.122. The highest BCUT2D eigenvalue weighted by molar-refractivity contribution is 7.19. The predicted molar refractivity (Wildman–Crippen MR) is 106 cm³/mol. The van der Waals surface area contributed by atoms with Gasteiger partial charge in [-0.1, -0.05) is 12.8 Å². The second-order valence-corrected chi connectivity index (χ2v) is 9.22. The number of likely N-dealkylation sites (tertiary alicyclic amines) is 1. The van der Waals surface area contributed by atoms with Gasteiger partial charge in [-0.05, 0) is 50.5 Å². The molecule has 2 unspecified atom stereocenters. The van der Waals surface area contributed by atoms with Gasteiger partial charge >= 0.3 is 0 Å². The lowest BCUT2D eigenvalue weighted by atomic mass is 9.89. The number of hydrogen-bond acceptors (Lipinski definition) is 6. The lowest BCUT2D eigenvalue weighted by Gasteiger charge is -2.41. The van der Waals surface area contributed by atoms with Gasteiger partial charge in [0.1, 0.15) is 17.0 Å².